The number of hydrogen-bond acceptors (Lipinski definition) is 5. The molecule has 1 aliphatic rings. The first-order valence-corrected chi connectivity index (χ1v) is 5.20. The number of aliphatic hydroxyl groups is 1. The van der Waals surface area contributed by atoms with Gasteiger partial charge in [0.25, 0.3) is 0 Å². The van der Waals surface area contributed by atoms with Gasteiger partial charge in [-0.25, -0.2) is 0 Å². The van der Waals surface area contributed by atoms with E-state index in [2.05, 4.69) is 0 Å². The summed E-state index contributed by atoms with van der Waals surface area (Å²) in [5, 5.41) is 9.88. The van der Waals surface area contributed by atoms with E-state index in [0.29, 0.717) is 17.1 Å². The summed E-state index contributed by atoms with van der Waals surface area (Å²) in [4.78, 5) is 10.9. The Balaban J connectivity index is 2.44. The fourth-order valence-corrected chi connectivity index (χ4v) is 2.07. The van der Waals surface area contributed by atoms with Crippen molar-refractivity contribution in [1.29, 1.82) is 0 Å². The molecule has 0 fully saturated rings. The third-order valence-corrected chi connectivity index (χ3v) is 2.79. The predicted octanol–water partition coefficient (Wildman–Crippen LogP) is 1.35. The molecule has 0 aliphatic heterocycles. The number of benzene rings is 1. The van der Waals surface area contributed by atoms with Gasteiger partial charge >= 0.3 is 5.97 Å². The van der Waals surface area contributed by atoms with Gasteiger partial charge in [0, 0.05) is 19.6 Å². The largest absolute Gasteiger partial charge is 0.492 e. The molecule has 0 heterocycles. The van der Waals surface area contributed by atoms with E-state index in [9.17, 15) is 9.90 Å². The lowest BCUT2D eigenvalue weighted by Crippen LogP contribution is -2.26. The molecule has 1 aromatic carbocycles. The van der Waals surface area contributed by atoms with Crippen LogP contribution in [0.5, 0.6) is 11.5 Å². The van der Waals surface area contributed by atoms with Crippen LogP contribution in [-0.4, -0.2) is 25.3 Å². The van der Waals surface area contributed by atoms with E-state index in [1.807, 2.05) is 0 Å². The molecule has 0 amide bonds. The van der Waals surface area contributed by atoms with Crippen LogP contribution in [0.2, 0.25) is 0 Å². The highest BCUT2D eigenvalue weighted by Gasteiger charge is 2.40. The average molecular weight is 238 g/mol. The fraction of sp³-hybridized carbons (Fsp3) is 0.417. The fourth-order valence-electron chi connectivity index (χ4n) is 2.07. The quantitative estimate of drug-likeness (QED) is 0.636. The maximum Gasteiger partial charge on any atom is 0.308 e. The molecule has 92 valence electrons. The third-order valence-electron chi connectivity index (χ3n) is 2.79. The van der Waals surface area contributed by atoms with Gasteiger partial charge in [-0.2, -0.15) is 0 Å². The number of methoxy groups -OCH3 is 2. The summed E-state index contributed by atoms with van der Waals surface area (Å²) in [6.45, 7) is 1.31. The van der Waals surface area contributed by atoms with Crippen LogP contribution in [0.4, 0.5) is 0 Å². The zero-order valence-electron chi connectivity index (χ0n) is 9.89. The van der Waals surface area contributed by atoms with Crippen molar-refractivity contribution >= 4 is 5.97 Å². The Bertz CT molecular complexity index is 454. The first kappa shape index (κ1) is 11.9. The Morgan fingerprint density at radius 1 is 1.35 bits per heavy atom. The number of carbonyl (C=O) groups is 1. The SMILES string of the molecule is COc1c(OC(C)=O)ccc2c1[C@H](O)[C@H]2OC. The lowest BCUT2D eigenvalue weighted by atomic mass is 9.81. The molecule has 0 aromatic heterocycles. The standard InChI is InChI=1S/C12H14O5/c1-6(13)17-8-5-4-7-9(12(8)16-3)10(14)11(7)15-2/h4-5,10-11,14H,1-3H3/t10-,11-/m0/s1. The second-order valence-electron chi connectivity index (χ2n) is 3.79. The van der Waals surface area contributed by atoms with Gasteiger partial charge in [0.2, 0.25) is 0 Å². The van der Waals surface area contributed by atoms with Gasteiger partial charge < -0.3 is 19.3 Å². The molecule has 5 nitrogen and oxygen atoms in total. The van der Waals surface area contributed by atoms with Crippen LogP contribution in [-0.2, 0) is 9.53 Å². The molecule has 0 saturated heterocycles. The molecule has 1 N–H and O–H groups in total. The summed E-state index contributed by atoms with van der Waals surface area (Å²) < 4.78 is 15.3. The smallest absolute Gasteiger partial charge is 0.308 e. The highest BCUT2D eigenvalue weighted by molar-refractivity contribution is 5.71. The van der Waals surface area contributed by atoms with E-state index < -0.39 is 12.1 Å². The molecule has 0 spiro atoms. The van der Waals surface area contributed by atoms with Crippen molar-refractivity contribution in [2.45, 2.75) is 19.1 Å². The zero-order chi connectivity index (χ0) is 12.6. The topological polar surface area (TPSA) is 65.0 Å². The van der Waals surface area contributed by atoms with E-state index in [4.69, 9.17) is 14.2 Å². The van der Waals surface area contributed by atoms with Gasteiger partial charge in [-0.05, 0) is 11.6 Å². The molecule has 0 unspecified atom stereocenters. The third kappa shape index (κ3) is 1.77. The lowest BCUT2D eigenvalue weighted by Gasteiger charge is -2.36. The number of hydrogen-bond donors (Lipinski definition) is 1. The zero-order valence-corrected chi connectivity index (χ0v) is 9.89. The van der Waals surface area contributed by atoms with E-state index in [1.54, 1.807) is 12.1 Å². The van der Waals surface area contributed by atoms with Gasteiger partial charge in [-0.15, -0.1) is 0 Å². The molecular weight excluding hydrogens is 224 g/mol. The minimum absolute atomic E-state index is 0.312. The molecule has 5 heteroatoms. The molecule has 0 bridgehead atoms. The van der Waals surface area contributed by atoms with Crippen LogP contribution in [0.15, 0.2) is 12.1 Å². The molecule has 2 rings (SSSR count). The Hall–Kier alpha value is -1.59. The van der Waals surface area contributed by atoms with Gasteiger partial charge in [-0.3, -0.25) is 4.79 Å². The Kier molecular flexibility index (Phi) is 3.04. The van der Waals surface area contributed by atoms with Crippen molar-refractivity contribution < 1.29 is 24.1 Å². The van der Waals surface area contributed by atoms with Gasteiger partial charge in [0.1, 0.15) is 12.2 Å². The van der Waals surface area contributed by atoms with E-state index >= 15 is 0 Å². The summed E-state index contributed by atoms with van der Waals surface area (Å²) in [5.41, 5.74) is 1.48. The van der Waals surface area contributed by atoms with E-state index in [1.165, 1.54) is 21.1 Å². The summed E-state index contributed by atoms with van der Waals surface area (Å²) >= 11 is 0. The van der Waals surface area contributed by atoms with Crippen LogP contribution >= 0.6 is 0 Å². The molecule has 0 saturated carbocycles. The highest BCUT2D eigenvalue weighted by atomic mass is 16.6. The second kappa shape index (κ2) is 4.35. The van der Waals surface area contributed by atoms with Crippen molar-refractivity contribution in [3.8, 4) is 11.5 Å². The summed E-state index contributed by atoms with van der Waals surface area (Å²) in [6, 6.07) is 3.40. The normalized spacial score (nSPS) is 21.4. The number of ether oxygens (including phenoxy) is 3. The number of aliphatic hydroxyl groups excluding tert-OH is 1. The van der Waals surface area contributed by atoms with Crippen molar-refractivity contribution in [2.75, 3.05) is 14.2 Å². The van der Waals surface area contributed by atoms with Crippen molar-refractivity contribution in [2.24, 2.45) is 0 Å². The maximum atomic E-state index is 10.9. The molecule has 0 radical (unpaired) electrons. The van der Waals surface area contributed by atoms with Gasteiger partial charge in [0.05, 0.1) is 7.11 Å². The summed E-state index contributed by atoms with van der Waals surface area (Å²) in [5.74, 6) is 0.270. The van der Waals surface area contributed by atoms with Crippen molar-refractivity contribution in [3.05, 3.63) is 23.3 Å². The summed E-state index contributed by atoms with van der Waals surface area (Å²) in [7, 11) is 3.00. The Morgan fingerprint density at radius 3 is 2.59 bits per heavy atom. The van der Waals surface area contributed by atoms with Crippen LogP contribution in [0.1, 0.15) is 30.3 Å². The van der Waals surface area contributed by atoms with Crippen LogP contribution in [0, 0.1) is 0 Å². The van der Waals surface area contributed by atoms with E-state index in [0.717, 1.165) is 5.56 Å². The van der Waals surface area contributed by atoms with E-state index in [-0.39, 0.29) is 6.10 Å². The minimum Gasteiger partial charge on any atom is -0.492 e. The molecule has 1 aliphatic carbocycles. The maximum absolute atomic E-state index is 10.9. The molecule has 17 heavy (non-hydrogen) atoms. The Morgan fingerprint density at radius 2 is 2.06 bits per heavy atom. The lowest BCUT2D eigenvalue weighted by molar-refractivity contribution is -0.132. The first-order valence-electron chi connectivity index (χ1n) is 5.20. The van der Waals surface area contributed by atoms with Gasteiger partial charge in [-0.1, -0.05) is 6.07 Å². The Labute approximate surface area is 98.9 Å². The number of carbonyl (C=O) groups excluding carboxylic acids is 1. The monoisotopic (exact) mass is 238 g/mol. The predicted molar refractivity (Wildman–Crippen MR) is 59.0 cm³/mol. The van der Waals surface area contributed by atoms with Crippen molar-refractivity contribution in [3.63, 3.8) is 0 Å². The summed E-state index contributed by atoms with van der Waals surface area (Å²) in [6.07, 6.45) is -1.09. The molecule has 2 atom stereocenters. The van der Waals surface area contributed by atoms with Crippen LogP contribution in [0.3, 0.4) is 0 Å². The molecular formula is C12H14O5. The molecule has 1 aromatic rings. The van der Waals surface area contributed by atoms with Crippen LogP contribution in [0.25, 0.3) is 0 Å². The average Bonchev–Trinajstić information content (AvgIpc) is 2.29. The van der Waals surface area contributed by atoms with Gasteiger partial charge in [0.15, 0.2) is 11.5 Å². The van der Waals surface area contributed by atoms with Crippen LogP contribution < -0.4 is 9.47 Å². The number of fused-ring (bicyclic) bond motifs is 1. The highest BCUT2D eigenvalue weighted by Crippen LogP contribution is 2.52. The minimum atomic E-state index is -0.750. The second-order valence-corrected chi connectivity index (χ2v) is 3.79. The number of rotatable bonds is 3. The number of esters is 1. The first-order chi connectivity index (χ1) is 8.10. The van der Waals surface area contributed by atoms with Crippen molar-refractivity contribution in [1.82, 2.24) is 0 Å².